The van der Waals surface area contributed by atoms with Crippen LogP contribution in [0.25, 0.3) is 0 Å². The van der Waals surface area contributed by atoms with Crippen LogP contribution in [0.2, 0.25) is 0 Å². The van der Waals surface area contributed by atoms with Crippen LogP contribution in [0, 0.1) is 13.8 Å². The molecule has 0 saturated heterocycles. The van der Waals surface area contributed by atoms with Gasteiger partial charge in [-0.25, -0.2) is 0 Å². The van der Waals surface area contributed by atoms with E-state index in [2.05, 4.69) is 5.32 Å². The largest absolute Gasteiger partial charge is 0.493 e. The number of hydrogen-bond acceptors (Lipinski definition) is 4. The molecule has 0 radical (unpaired) electrons. The number of hydrogen-bond donors (Lipinski definition) is 1. The minimum Gasteiger partial charge on any atom is -0.493 e. The lowest BCUT2D eigenvalue weighted by molar-refractivity contribution is -0.118. The Morgan fingerprint density at radius 1 is 0.957 bits per heavy atom. The molecule has 1 N–H and O–H groups in total. The van der Waals surface area contributed by atoms with Crippen molar-refractivity contribution in [3.05, 3.63) is 47.5 Å². The molecule has 0 aromatic heterocycles. The molecule has 2 rings (SSSR count). The summed E-state index contributed by atoms with van der Waals surface area (Å²) in [4.78, 5) is 12.1. The van der Waals surface area contributed by atoms with E-state index < -0.39 is 0 Å². The first-order valence-corrected chi connectivity index (χ1v) is 7.26. The van der Waals surface area contributed by atoms with Crippen LogP contribution in [-0.4, -0.2) is 26.7 Å². The highest BCUT2D eigenvalue weighted by Crippen LogP contribution is 2.32. The van der Waals surface area contributed by atoms with E-state index in [1.54, 1.807) is 20.3 Å². The number of rotatable bonds is 6. The molecule has 0 bridgehead atoms. The van der Waals surface area contributed by atoms with Crippen LogP contribution in [-0.2, 0) is 4.79 Å². The van der Waals surface area contributed by atoms with Gasteiger partial charge in [0.1, 0.15) is 5.75 Å². The van der Waals surface area contributed by atoms with Gasteiger partial charge in [-0.3, -0.25) is 4.79 Å². The smallest absolute Gasteiger partial charge is 0.262 e. The van der Waals surface area contributed by atoms with Crippen molar-refractivity contribution in [1.82, 2.24) is 0 Å². The van der Waals surface area contributed by atoms with Crippen LogP contribution in [0.4, 0.5) is 5.69 Å². The Morgan fingerprint density at radius 3 is 2.26 bits per heavy atom. The van der Waals surface area contributed by atoms with Gasteiger partial charge in [0.25, 0.3) is 5.91 Å². The number of amides is 1. The second-order valence-electron chi connectivity index (χ2n) is 5.12. The van der Waals surface area contributed by atoms with Gasteiger partial charge in [-0.1, -0.05) is 18.2 Å². The molecule has 0 saturated carbocycles. The second-order valence-corrected chi connectivity index (χ2v) is 5.12. The maximum atomic E-state index is 12.1. The second kappa shape index (κ2) is 7.54. The summed E-state index contributed by atoms with van der Waals surface area (Å²) in [5, 5.41) is 2.83. The van der Waals surface area contributed by atoms with Gasteiger partial charge in [0.2, 0.25) is 0 Å². The molecule has 0 atom stereocenters. The van der Waals surface area contributed by atoms with Gasteiger partial charge in [0.15, 0.2) is 18.1 Å². The Balaban J connectivity index is 2.04. The molecule has 1 amide bonds. The molecule has 0 aliphatic heterocycles. The molecule has 5 nitrogen and oxygen atoms in total. The summed E-state index contributed by atoms with van der Waals surface area (Å²) in [7, 11) is 3.13. The molecule has 0 aliphatic carbocycles. The summed E-state index contributed by atoms with van der Waals surface area (Å²) >= 11 is 0. The molecular formula is C18H21NO4. The lowest BCUT2D eigenvalue weighted by atomic mass is 10.1. The van der Waals surface area contributed by atoms with E-state index >= 15 is 0 Å². The van der Waals surface area contributed by atoms with Crippen molar-refractivity contribution in [3.63, 3.8) is 0 Å². The monoisotopic (exact) mass is 315 g/mol. The average molecular weight is 315 g/mol. The van der Waals surface area contributed by atoms with Crippen molar-refractivity contribution in [1.29, 1.82) is 0 Å². The van der Waals surface area contributed by atoms with Crippen LogP contribution in [0.15, 0.2) is 36.4 Å². The zero-order chi connectivity index (χ0) is 16.8. The van der Waals surface area contributed by atoms with E-state index in [0.717, 1.165) is 11.1 Å². The third kappa shape index (κ3) is 4.16. The van der Waals surface area contributed by atoms with E-state index in [1.807, 2.05) is 44.2 Å². The maximum Gasteiger partial charge on any atom is 0.262 e. The topological polar surface area (TPSA) is 56.8 Å². The predicted molar refractivity (Wildman–Crippen MR) is 89.6 cm³/mol. The van der Waals surface area contributed by atoms with Crippen LogP contribution < -0.4 is 19.5 Å². The number of aryl methyl sites for hydroxylation is 2. The third-order valence-electron chi connectivity index (χ3n) is 3.46. The highest BCUT2D eigenvalue weighted by molar-refractivity contribution is 5.93. The SMILES string of the molecule is COc1cc(C)c(NC(=O)COc2ccccc2C)cc1OC. The Kier molecular flexibility index (Phi) is 5.46. The Hall–Kier alpha value is -2.69. The minimum atomic E-state index is -0.233. The normalized spacial score (nSPS) is 10.1. The number of nitrogens with one attached hydrogen (secondary N) is 1. The van der Waals surface area contributed by atoms with Gasteiger partial charge in [-0.2, -0.15) is 0 Å². The summed E-state index contributed by atoms with van der Waals surface area (Å²) < 4.78 is 16.0. The number of benzene rings is 2. The van der Waals surface area contributed by atoms with E-state index in [-0.39, 0.29) is 12.5 Å². The molecule has 0 fully saturated rings. The zero-order valence-electron chi connectivity index (χ0n) is 13.8. The van der Waals surface area contributed by atoms with E-state index in [1.165, 1.54) is 0 Å². The van der Waals surface area contributed by atoms with E-state index in [9.17, 15) is 4.79 Å². The molecule has 122 valence electrons. The minimum absolute atomic E-state index is 0.0569. The predicted octanol–water partition coefficient (Wildman–Crippen LogP) is 3.34. The van der Waals surface area contributed by atoms with Gasteiger partial charge in [0, 0.05) is 11.8 Å². The Labute approximate surface area is 136 Å². The van der Waals surface area contributed by atoms with Crippen LogP contribution in [0.3, 0.4) is 0 Å². The zero-order valence-corrected chi connectivity index (χ0v) is 13.8. The first kappa shape index (κ1) is 16.7. The summed E-state index contributed by atoms with van der Waals surface area (Å²) in [6.45, 7) is 3.77. The van der Waals surface area contributed by atoms with Crippen molar-refractivity contribution < 1.29 is 19.0 Å². The quantitative estimate of drug-likeness (QED) is 0.888. The molecule has 5 heteroatoms. The summed E-state index contributed by atoms with van der Waals surface area (Å²) in [6, 6.07) is 11.1. The molecule has 2 aromatic carbocycles. The van der Waals surface area contributed by atoms with Crippen LogP contribution in [0.1, 0.15) is 11.1 Å². The van der Waals surface area contributed by atoms with Crippen molar-refractivity contribution in [3.8, 4) is 17.2 Å². The first-order chi connectivity index (χ1) is 11.0. The lowest BCUT2D eigenvalue weighted by Gasteiger charge is -2.14. The van der Waals surface area contributed by atoms with Gasteiger partial charge in [0.05, 0.1) is 14.2 Å². The van der Waals surface area contributed by atoms with Crippen molar-refractivity contribution in [2.24, 2.45) is 0 Å². The first-order valence-electron chi connectivity index (χ1n) is 7.26. The Morgan fingerprint density at radius 2 is 1.61 bits per heavy atom. The number of methoxy groups -OCH3 is 2. The maximum absolute atomic E-state index is 12.1. The molecular weight excluding hydrogens is 294 g/mol. The summed E-state index contributed by atoms with van der Waals surface area (Å²) in [5.41, 5.74) is 2.54. The fourth-order valence-corrected chi connectivity index (χ4v) is 2.16. The fourth-order valence-electron chi connectivity index (χ4n) is 2.16. The van der Waals surface area contributed by atoms with Gasteiger partial charge >= 0.3 is 0 Å². The summed E-state index contributed by atoms with van der Waals surface area (Å²) in [6.07, 6.45) is 0. The van der Waals surface area contributed by atoms with Crippen molar-refractivity contribution >= 4 is 11.6 Å². The average Bonchev–Trinajstić information content (AvgIpc) is 2.55. The highest BCUT2D eigenvalue weighted by atomic mass is 16.5. The number of ether oxygens (including phenoxy) is 3. The fraction of sp³-hybridized carbons (Fsp3) is 0.278. The third-order valence-corrected chi connectivity index (χ3v) is 3.46. The number of anilines is 1. The highest BCUT2D eigenvalue weighted by Gasteiger charge is 2.11. The van der Waals surface area contributed by atoms with E-state index in [4.69, 9.17) is 14.2 Å². The van der Waals surface area contributed by atoms with Crippen molar-refractivity contribution in [2.45, 2.75) is 13.8 Å². The van der Waals surface area contributed by atoms with Crippen molar-refractivity contribution in [2.75, 3.05) is 26.1 Å². The molecule has 23 heavy (non-hydrogen) atoms. The van der Waals surface area contributed by atoms with Gasteiger partial charge < -0.3 is 19.5 Å². The summed E-state index contributed by atoms with van der Waals surface area (Å²) in [5.74, 6) is 1.66. The molecule has 0 aliphatic rings. The number of para-hydroxylation sites is 1. The van der Waals surface area contributed by atoms with E-state index in [0.29, 0.717) is 22.9 Å². The number of carbonyl (C=O) groups excluding carboxylic acids is 1. The standard InChI is InChI=1S/C18H21NO4/c1-12-7-5-6-8-15(12)23-11-18(20)19-14-10-17(22-4)16(21-3)9-13(14)2/h5-10H,11H2,1-4H3,(H,19,20). The van der Waals surface area contributed by atoms with Gasteiger partial charge in [-0.05, 0) is 37.1 Å². The van der Waals surface area contributed by atoms with Gasteiger partial charge in [-0.15, -0.1) is 0 Å². The van der Waals surface area contributed by atoms with Crippen LogP contribution in [0.5, 0.6) is 17.2 Å². The molecule has 2 aromatic rings. The molecule has 0 unspecified atom stereocenters. The Bertz CT molecular complexity index is 697. The van der Waals surface area contributed by atoms with Crippen LogP contribution >= 0.6 is 0 Å². The molecule has 0 heterocycles. The molecule has 0 spiro atoms. The lowest BCUT2D eigenvalue weighted by Crippen LogP contribution is -2.21. The number of carbonyl (C=O) groups is 1.